The summed E-state index contributed by atoms with van der Waals surface area (Å²) in [5.74, 6) is 0.282. The zero-order valence-corrected chi connectivity index (χ0v) is 12.4. The Kier molecular flexibility index (Phi) is 4.41. The van der Waals surface area contributed by atoms with Crippen LogP contribution in [-0.2, 0) is 9.47 Å². The summed E-state index contributed by atoms with van der Waals surface area (Å²) in [7, 11) is 0. The number of likely N-dealkylation sites (tertiary alicyclic amines) is 1. The minimum atomic E-state index is -0.139. The number of aryl methyl sites for hydroxylation is 1. The minimum absolute atomic E-state index is 0.0402. The number of anilines is 1. The summed E-state index contributed by atoms with van der Waals surface area (Å²) in [5, 5.41) is 2.96. The van der Waals surface area contributed by atoms with Crippen LogP contribution in [0.1, 0.15) is 18.4 Å². The van der Waals surface area contributed by atoms with Crippen molar-refractivity contribution < 1.29 is 14.3 Å². The molecule has 0 bridgehead atoms. The zero-order valence-electron chi connectivity index (χ0n) is 12.4. The molecule has 2 heterocycles. The number of carbonyl (C=O) groups excluding carboxylic acids is 1. The fourth-order valence-electron chi connectivity index (χ4n) is 2.90. The number of ether oxygens (including phenoxy) is 2. The van der Waals surface area contributed by atoms with Crippen LogP contribution < -0.4 is 5.32 Å². The highest BCUT2D eigenvalue weighted by atomic mass is 16.7. The van der Waals surface area contributed by atoms with Gasteiger partial charge < -0.3 is 19.7 Å². The van der Waals surface area contributed by atoms with Gasteiger partial charge in [-0.05, 0) is 31.9 Å². The van der Waals surface area contributed by atoms with E-state index in [1.165, 1.54) is 5.56 Å². The third-order valence-corrected chi connectivity index (χ3v) is 4.08. The van der Waals surface area contributed by atoms with Crippen LogP contribution in [0, 0.1) is 12.8 Å². The van der Waals surface area contributed by atoms with Crippen molar-refractivity contribution in [3.8, 4) is 0 Å². The highest BCUT2D eigenvalue weighted by Crippen LogP contribution is 2.25. The van der Waals surface area contributed by atoms with Crippen LogP contribution in [0.5, 0.6) is 0 Å². The Bertz CT molecular complexity index is 483. The predicted octanol–water partition coefficient (Wildman–Crippen LogP) is 2.61. The molecule has 0 aromatic heterocycles. The van der Waals surface area contributed by atoms with Crippen LogP contribution in [0.3, 0.4) is 0 Å². The smallest absolute Gasteiger partial charge is 0.321 e. The summed E-state index contributed by atoms with van der Waals surface area (Å²) < 4.78 is 11.1. The number of carbonyl (C=O) groups is 1. The van der Waals surface area contributed by atoms with Gasteiger partial charge >= 0.3 is 6.03 Å². The predicted molar refractivity (Wildman–Crippen MR) is 80.2 cm³/mol. The fraction of sp³-hybridized carbons (Fsp3) is 0.562. The molecule has 21 heavy (non-hydrogen) atoms. The Morgan fingerprint density at radius 1 is 1.24 bits per heavy atom. The van der Waals surface area contributed by atoms with E-state index in [0.29, 0.717) is 19.8 Å². The van der Waals surface area contributed by atoms with Gasteiger partial charge in [0.15, 0.2) is 6.29 Å². The molecular formula is C16H22N2O3. The number of nitrogens with one attached hydrogen (secondary N) is 1. The maximum absolute atomic E-state index is 12.3. The molecule has 2 amide bonds. The molecular weight excluding hydrogens is 268 g/mol. The third kappa shape index (κ3) is 3.54. The maximum Gasteiger partial charge on any atom is 0.321 e. The number of nitrogens with zero attached hydrogens (tertiary/aromatic N) is 1. The third-order valence-electron chi connectivity index (χ3n) is 4.08. The van der Waals surface area contributed by atoms with Crippen LogP contribution >= 0.6 is 0 Å². The monoisotopic (exact) mass is 290 g/mol. The second kappa shape index (κ2) is 6.45. The molecule has 0 saturated carbocycles. The van der Waals surface area contributed by atoms with Crippen molar-refractivity contribution in [3.63, 3.8) is 0 Å². The zero-order chi connectivity index (χ0) is 14.7. The van der Waals surface area contributed by atoms with Crippen molar-refractivity contribution in [2.75, 3.05) is 31.6 Å². The van der Waals surface area contributed by atoms with E-state index in [9.17, 15) is 4.79 Å². The van der Waals surface area contributed by atoms with Gasteiger partial charge in [0.2, 0.25) is 0 Å². The highest BCUT2D eigenvalue weighted by molar-refractivity contribution is 5.89. The first-order valence-corrected chi connectivity index (χ1v) is 7.58. The molecule has 0 aliphatic carbocycles. The molecule has 1 unspecified atom stereocenters. The van der Waals surface area contributed by atoms with E-state index in [2.05, 4.69) is 5.32 Å². The standard InChI is InChI=1S/C16H22N2O3/c1-12-4-6-14(7-5-12)17-16(19)18-8-2-3-13(11-18)15-20-9-10-21-15/h4-7,13,15H,2-3,8-11H2,1H3,(H,17,19). The molecule has 2 fully saturated rings. The highest BCUT2D eigenvalue weighted by Gasteiger charge is 2.32. The lowest BCUT2D eigenvalue weighted by atomic mass is 9.98. The first-order chi connectivity index (χ1) is 10.2. The van der Waals surface area contributed by atoms with E-state index in [-0.39, 0.29) is 18.2 Å². The van der Waals surface area contributed by atoms with Gasteiger partial charge in [-0.2, -0.15) is 0 Å². The van der Waals surface area contributed by atoms with Crippen LogP contribution in [0.15, 0.2) is 24.3 Å². The van der Waals surface area contributed by atoms with E-state index in [0.717, 1.165) is 25.1 Å². The SMILES string of the molecule is Cc1ccc(NC(=O)N2CCCC(C3OCCO3)C2)cc1. The molecule has 114 valence electrons. The van der Waals surface area contributed by atoms with E-state index < -0.39 is 0 Å². The van der Waals surface area contributed by atoms with Gasteiger partial charge in [0, 0.05) is 24.7 Å². The first kappa shape index (κ1) is 14.4. The van der Waals surface area contributed by atoms with Gasteiger partial charge in [-0.25, -0.2) is 4.79 Å². The largest absolute Gasteiger partial charge is 0.350 e. The second-order valence-electron chi connectivity index (χ2n) is 5.75. The quantitative estimate of drug-likeness (QED) is 0.911. The van der Waals surface area contributed by atoms with E-state index >= 15 is 0 Å². The minimum Gasteiger partial charge on any atom is -0.350 e. The number of amides is 2. The fourth-order valence-corrected chi connectivity index (χ4v) is 2.90. The normalized spacial score (nSPS) is 23.3. The van der Waals surface area contributed by atoms with Crippen LogP contribution in [0.25, 0.3) is 0 Å². The number of rotatable bonds is 2. The second-order valence-corrected chi connectivity index (χ2v) is 5.75. The Labute approximate surface area is 125 Å². The number of hydrogen-bond donors (Lipinski definition) is 1. The molecule has 1 N–H and O–H groups in total. The molecule has 5 heteroatoms. The number of benzene rings is 1. The molecule has 2 aliphatic rings. The summed E-state index contributed by atoms with van der Waals surface area (Å²) in [5.41, 5.74) is 2.02. The Morgan fingerprint density at radius 3 is 2.67 bits per heavy atom. The molecule has 5 nitrogen and oxygen atoms in total. The van der Waals surface area contributed by atoms with Crippen molar-refractivity contribution in [1.29, 1.82) is 0 Å². The molecule has 0 spiro atoms. The molecule has 2 aliphatic heterocycles. The topological polar surface area (TPSA) is 50.8 Å². The van der Waals surface area contributed by atoms with Gasteiger partial charge in [-0.15, -0.1) is 0 Å². The average Bonchev–Trinajstić information content (AvgIpc) is 3.04. The Balaban J connectivity index is 1.57. The van der Waals surface area contributed by atoms with E-state index in [1.54, 1.807) is 0 Å². The van der Waals surface area contributed by atoms with Crippen molar-refractivity contribution in [2.24, 2.45) is 5.92 Å². The van der Waals surface area contributed by atoms with Crippen molar-refractivity contribution in [3.05, 3.63) is 29.8 Å². The van der Waals surface area contributed by atoms with Gasteiger partial charge in [-0.1, -0.05) is 17.7 Å². The number of urea groups is 1. The van der Waals surface area contributed by atoms with Crippen molar-refractivity contribution >= 4 is 11.7 Å². The van der Waals surface area contributed by atoms with Crippen LogP contribution in [0.2, 0.25) is 0 Å². The summed E-state index contributed by atoms with van der Waals surface area (Å²) in [6, 6.07) is 7.81. The summed E-state index contributed by atoms with van der Waals surface area (Å²) in [6.07, 6.45) is 1.91. The molecule has 1 aromatic rings. The molecule has 0 radical (unpaired) electrons. The molecule has 3 rings (SSSR count). The lowest BCUT2D eigenvalue weighted by Gasteiger charge is -2.34. The van der Waals surface area contributed by atoms with Crippen molar-refractivity contribution in [2.45, 2.75) is 26.1 Å². The summed E-state index contributed by atoms with van der Waals surface area (Å²) >= 11 is 0. The summed E-state index contributed by atoms with van der Waals surface area (Å²) in [6.45, 7) is 4.85. The first-order valence-electron chi connectivity index (χ1n) is 7.58. The number of hydrogen-bond acceptors (Lipinski definition) is 3. The van der Waals surface area contributed by atoms with Gasteiger partial charge in [-0.3, -0.25) is 0 Å². The lowest BCUT2D eigenvalue weighted by molar-refractivity contribution is -0.0959. The van der Waals surface area contributed by atoms with Crippen LogP contribution in [-0.4, -0.2) is 43.5 Å². The van der Waals surface area contributed by atoms with Gasteiger partial charge in [0.1, 0.15) is 0 Å². The average molecular weight is 290 g/mol. The van der Waals surface area contributed by atoms with Gasteiger partial charge in [0.25, 0.3) is 0 Å². The van der Waals surface area contributed by atoms with Crippen LogP contribution in [0.4, 0.5) is 10.5 Å². The van der Waals surface area contributed by atoms with Gasteiger partial charge in [0.05, 0.1) is 13.2 Å². The van der Waals surface area contributed by atoms with Crippen molar-refractivity contribution in [1.82, 2.24) is 4.90 Å². The maximum atomic E-state index is 12.3. The Morgan fingerprint density at radius 2 is 1.95 bits per heavy atom. The molecule has 1 aromatic carbocycles. The Hall–Kier alpha value is -1.59. The lowest BCUT2D eigenvalue weighted by Crippen LogP contribution is -2.45. The van der Waals surface area contributed by atoms with E-state index in [1.807, 2.05) is 36.1 Å². The number of piperidine rings is 1. The van der Waals surface area contributed by atoms with E-state index in [4.69, 9.17) is 9.47 Å². The molecule has 2 saturated heterocycles. The molecule has 1 atom stereocenters. The summed E-state index contributed by atoms with van der Waals surface area (Å²) in [4.78, 5) is 14.2.